The fourth-order valence-corrected chi connectivity index (χ4v) is 3.03. The molecule has 1 aromatic rings. The summed E-state index contributed by atoms with van der Waals surface area (Å²) in [6.45, 7) is 3.38. The molecule has 0 N–H and O–H groups in total. The molecule has 88 valence electrons. The minimum Gasteiger partial charge on any atom is -0.301 e. The van der Waals surface area contributed by atoms with Crippen molar-refractivity contribution in [3.05, 3.63) is 11.1 Å². The second-order valence-electron chi connectivity index (χ2n) is 5.38. The summed E-state index contributed by atoms with van der Waals surface area (Å²) >= 11 is 6.13. The maximum absolute atomic E-state index is 6.13. The van der Waals surface area contributed by atoms with E-state index in [1.807, 2.05) is 0 Å². The molecule has 0 bridgehead atoms. The third-order valence-electron chi connectivity index (χ3n) is 4.13. The zero-order valence-corrected chi connectivity index (χ0v) is 10.5. The van der Waals surface area contributed by atoms with E-state index in [9.17, 15) is 0 Å². The van der Waals surface area contributed by atoms with Crippen LogP contribution < -0.4 is 0 Å². The monoisotopic (exact) mass is 239 g/mol. The summed E-state index contributed by atoms with van der Waals surface area (Å²) in [5, 5.41) is 8.83. The Morgan fingerprint density at radius 2 is 2.06 bits per heavy atom. The van der Waals surface area contributed by atoms with Crippen molar-refractivity contribution in [1.29, 1.82) is 0 Å². The molecule has 4 heteroatoms. The van der Waals surface area contributed by atoms with Gasteiger partial charge in [-0.05, 0) is 42.7 Å². The Morgan fingerprint density at radius 3 is 2.69 bits per heavy atom. The van der Waals surface area contributed by atoms with Gasteiger partial charge in [0.1, 0.15) is 5.82 Å². The van der Waals surface area contributed by atoms with Gasteiger partial charge >= 0.3 is 0 Å². The highest BCUT2D eigenvalue weighted by molar-refractivity contribution is 6.28. The molecule has 1 aromatic heterocycles. The first-order valence-corrected chi connectivity index (χ1v) is 6.72. The molecule has 0 amide bonds. The topological polar surface area (TPSA) is 30.7 Å². The average Bonchev–Trinajstić information content (AvgIpc) is 2.94. The quantitative estimate of drug-likeness (QED) is 0.811. The van der Waals surface area contributed by atoms with Crippen molar-refractivity contribution in [3.63, 3.8) is 0 Å². The predicted octanol–water partition coefficient (Wildman–Crippen LogP) is 3.25. The van der Waals surface area contributed by atoms with Crippen molar-refractivity contribution < 1.29 is 0 Å². The van der Waals surface area contributed by atoms with Crippen LogP contribution in [0.2, 0.25) is 5.28 Å². The third-order valence-corrected chi connectivity index (χ3v) is 4.41. The Balaban J connectivity index is 1.79. The standard InChI is InChI=1S/C12H18ClN3/c1-8-3-2-4-10(8)7-16-11(9-5-6-9)14-15-12(16)13/h8-10H,2-7H2,1H3. The molecule has 3 nitrogen and oxygen atoms in total. The molecule has 0 radical (unpaired) electrons. The molecule has 0 spiro atoms. The molecule has 0 aromatic carbocycles. The van der Waals surface area contributed by atoms with Gasteiger partial charge < -0.3 is 4.57 Å². The van der Waals surface area contributed by atoms with Gasteiger partial charge in [-0.3, -0.25) is 0 Å². The van der Waals surface area contributed by atoms with Crippen LogP contribution in [0.25, 0.3) is 0 Å². The lowest BCUT2D eigenvalue weighted by Crippen LogP contribution is -2.15. The molecule has 1 heterocycles. The largest absolute Gasteiger partial charge is 0.301 e. The van der Waals surface area contributed by atoms with Crippen LogP contribution in [0.1, 0.15) is 50.8 Å². The Kier molecular flexibility index (Phi) is 2.66. The summed E-state index contributed by atoms with van der Waals surface area (Å²) in [4.78, 5) is 0. The number of rotatable bonds is 3. The summed E-state index contributed by atoms with van der Waals surface area (Å²) in [5.74, 6) is 3.36. The van der Waals surface area contributed by atoms with Crippen molar-refractivity contribution in [2.24, 2.45) is 11.8 Å². The van der Waals surface area contributed by atoms with E-state index in [0.717, 1.165) is 24.2 Å². The second-order valence-corrected chi connectivity index (χ2v) is 5.72. The molecular formula is C12H18ClN3. The third kappa shape index (κ3) is 1.86. The molecule has 16 heavy (non-hydrogen) atoms. The highest BCUT2D eigenvalue weighted by atomic mass is 35.5. The summed E-state index contributed by atoms with van der Waals surface area (Å²) in [6.07, 6.45) is 6.58. The van der Waals surface area contributed by atoms with Crippen LogP contribution >= 0.6 is 11.6 Å². The first-order chi connectivity index (χ1) is 7.75. The highest BCUT2D eigenvalue weighted by Gasteiger charge is 2.32. The molecule has 2 fully saturated rings. The Bertz CT molecular complexity index is 384. The Morgan fingerprint density at radius 1 is 1.25 bits per heavy atom. The maximum atomic E-state index is 6.13. The number of halogens is 1. The lowest BCUT2D eigenvalue weighted by molar-refractivity contribution is 0.359. The van der Waals surface area contributed by atoms with E-state index in [2.05, 4.69) is 21.7 Å². The lowest BCUT2D eigenvalue weighted by atomic mass is 9.98. The van der Waals surface area contributed by atoms with Crippen LogP contribution in [0.15, 0.2) is 0 Å². The number of aromatic nitrogens is 3. The van der Waals surface area contributed by atoms with Crippen LogP contribution in [0.3, 0.4) is 0 Å². The van der Waals surface area contributed by atoms with E-state index in [0.29, 0.717) is 11.2 Å². The van der Waals surface area contributed by atoms with E-state index in [1.54, 1.807) is 0 Å². The molecule has 2 aliphatic carbocycles. The average molecular weight is 240 g/mol. The van der Waals surface area contributed by atoms with E-state index in [1.165, 1.54) is 32.1 Å². The Labute approximate surface area is 101 Å². The molecular weight excluding hydrogens is 222 g/mol. The van der Waals surface area contributed by atoms with Gasteiger partial charge in [-0.2, -0.15) is 0 Å². The van der Waals surface area contributed by atoms with E-state index in [-0.39, 0.29) is 0 Å². The van der Waals surface area contributed by atoms with Gasteiger partial charge in [-0.1, -0.05) is 19.8 Å². The molecule has 3 rings (SSSR count). The molecule has 2 atom stereocenters. The number of hydrogen-bond acceptors (Lipinski definition) is 2. The summed E-state index contributed by atoms with van der Waals surface area (Å²) in [6, 6.07) is 0. The normalized spacial score (nSPS) is 29.9. The molecule has 0 saturated heterocycles. The van der Waals surface area contributed by atoms with Gasteiger partial charge in [-0.15, -0.1) is 10.2 Å². The van der Waals surface area contributed by atoms with Crippen molar-refractivity contribution in [3.8, 4) is 0 Å². The summed E-state index contributed by atoms with van der Waals surface area (Å²) < 4.78 is 2.16. The minimum atomic E-state index is 0.584. The van der Waals surface area contributed by atoms with Crippen LogP contribution in [0.5, 0.6) is 0 Å². The van der Waals surface area contributed by atoms with E-state index < -0.39 is 0 Å². The zero-order valence-electron chi connectivity index (χ0n) is 9.69. The van der Waals surface area contributed by atoms with Crippen LogP contribution in [-0.4, -0.2) is 14.8 Å². The molecule has 2 aliphatic rings. The van der Waals surface area contributed by atoms with Gasteiger partial charge in [0.05, 0.1) is 0 Å². The van der Waals surface area contributed by atoms with Crippen LogP contribution in [-0.2, 0) is 6.54 Å². The van der Waals surface area contributed by atoms with Gasteiger partial charge in [0, 0.05) is 12.5 Å². The SMILES string of the molecule is CC1CCCC1Cn1c(Cl)nnc1C1CC1. The second kappa shape index (κ2) is 4.02. The number of hydrogen-bond donors (Lipinski definition) is 0. The van der Waals surface area contributed by atoms with Crippen molar-refractivity contribution in [1.82, 2.24) is 14.8 Å². The molecule has 2 unspecified atom stereocenters. The predicted molar refractivity (Wildman–Crippen MR) is 63.5 cm³/mol. The van der Waals surface area contributed by atoms with Gasteiger partial charge in [0.15, 0.2) is 0 Å². The van der Waals surface area contributed by atoms with Gasteiger partial charge in [0.2, 0.25) is 5.28 Å². The van der Waals surface area contributed by atoms with Crippen molar-refractivity contribution in [2.75, 3.05) is 0 Å². The smallest absolute Gasteiger partial charge is 0.225 e. The van der Waals surface area contributed by atoms with Crippen LogP contribution in [0, 0.1) is 11.8 Å². The lowest BCUT2D eigenvalue weighted by Gasteiger charge is -2.17. The van der Waals surface area contributed by atoms with Gasteiger partial charge in [-0.25, -0.2) is 0 Å². The summed E-state index contributed by atoms with van der Waals surface area (Å²) in [7, 11) is 0. The minimum absolute atomic E-state index is 0.584. The highest BCUT2D eigenvalue weighted by Crippen LogP contribution is 2.41. The number of nitrogens with zero attached hydrogens (tertiary/aromatic N) is 3. The van der Waals surface area contributed by atoms with Gasteiger partial charge in [0.25, 0.3) is 0 Å². The molecule has 2 saturated carbocycles. The van der Waals surface area contributed by atoms with Crippen molar-refractivity contribution >= 4 is 11.6 Å². The first-order valence-electron chi connectivity index (χ1n) is 6.34. The Hall–Kier alpha value is -0.570. The van der Waals surface area contributed by atoms with E-state index in [4.69, 9.17) is 11.6 Å². The fraction of sp³-hybridized carbons (Fsp3) is 0.833. The zero-order chi connectivity index (χ0) is 11.1. The first kappa shape index (κ1) is 10.6. The van der Waals surface area contributed by atoms with Crippen LogP contribution in [0.4, 0.5) is 0 Å². The maximum Gasteiger partial charge on any atom is 0.225 e. The van der Waals surface area contributed by atoms with Crippen molar-refractivity contribution in [2.45, 2.75) is 51.5 Å². The fourth-order valence-electron chi connectivity index (χ4n) is 2.84. The molecule has 0 aliphatic heterocycles. The van der Waals surface area contributed by atoms with E-state index >= 15 is 0 Å². The summed E-state index contributed by atoms with van der Waals surface area (Å²) in [5.41, 5.74) is 0.